The number of hydrogen-bond donors (Lipinski definition) is 0. The number of amides is 1. The van der Waals surface area contributed by atoms with E-state index in [1.165, 1.54) is 30.4 Å². The van der Waals surface area contributed by atoms with E-state index in [9.17, 15) is 4.79 Å². The van der Waals surface area contributed by atoms with Gasteiger partial charge >= 0.3 is 0 Å². The predicted octanol–water partition coefficient (Wildman–Crippen LogP) is 3.35. The molecule has 0 unspecified atom stereocenters. The lowest BCUT2D eigenvalue weighted by atomic mass is 9.98. The number of aromatic nitrogens is 2. The number of rotatable bonds is 6. The summed E-state index contributed by atoms with van der Waals surface area (Å²) in [7, 11) is 0. The first-order valence-electron chi connectivity index (χ1n) is 10.8. The molecule has 2 aliphatic heterocycles. The predicted molar refractivity (Wildman–Crippen MR) is 111 cm³/mol. The van der Waals surface area contributed by atoms with Gasteiger partial charge in [-0.2, -0.15) is 5.10 Å². The lowest BCUT2D eigenvalue weighted by Crippen LogP contribution is -2.40. The molecule has 1 amide bonds. The van der Waals surface area contributed by atoms with Crippen molar-refractivity contribution >= 4 is 5.91 Å². The molecule has 2 aliphatic rings. The van der Waals surface area contributed by atoms with Gasteiger partial charge in [0.25, 0.3) is 0 Å². The molecule has 0 radical (unpaired) electrons. The Kier molecular flexibility index (Phi) is 6.10. The fourth-order valence-corrected chi connectivity index (χ4v) is 4.79. The van der Waals surface area contributed by atoms with Crippen molar-refractivity contribution in [3.8, 4) is 0 Å². The summed E-state index contributed by atoms with van der Waals surface area (Å²) in [4.78, 5) is 17.6. The molecule has 1 aromatic carbocycles. The standard InChI is InChI=1S/C23H32N4O/c1-2-27-16-20(14-24-27)15-25-13-7-6-10-21-17-26(18-22(21)25)23(28)12-11-19-8-4-3-5-9-19/h3-5,8-9,14,16,21-22H,2,6-7,10-13,15,17-18H2,1H3/t21-,22+/m0/s1. The van der Waals surface area contributed by atoms with Gasteiger partial charge in [-0.25, -0.2) is 0 Å². The van der Waals surface area contributed by atoms with Crippen molar-refractivity contribution in [3.05, 3.63) is 53.9 Å². The van der Waals surface area contributed by atoms with Crippen molar-refractivity contribution < 1.29 is 4.79 Å². The third-order valence-corrected chi connectivity index (χ3v) is 6.37. The molecular weight excluding hydrogens is 348 g/mol. The molecule has 2 atom stereocenters. The van der Waals surface area contributed by atoms with Crippen LogP contribution in [0, 0.1) is 5.92 Å². The summed E-state index contributed by atoms with van der Waals surface area (Å²) in [5.41, 5.74) is 2.54. The van der Waals surface area contributed by atoms with Crippen LogP contribution in [0.5, 0.6) is 0 Å². The third-order valence-electron chi connectivity index (χ3n) is 6.37. The molecule has 2 aromatic rings. The minimum Gasteiger partial charge on any atom is -0.341 e. The molecule has 150 valence electrons. The molecule has 28 heavy (non-hydrogen) atoms. The molecule has 0 aliphatic carbocycles. The van der Waals surface area contributed by atoms with Gasteiger partial charge in [-0.15, -0.1) is 0 Å². The Hall–Kier alpha value is -2.14. The molecule has 5 nitrogen and oxygen atoms in total. The van der Waals surface area contributed by atoms with Gasteiger partial charge in [-0.05, 0) is 44.2 Å². The van der Waals surface area contributed by atoms with Crippen LogP contribution in [-0.4, -0.2) is 51.2 Å². The van der Waals surface area contributed by atoms with Gasteiger partial charge < -0.3 is 4.90 Å². The average Bonchev–Trinajstić information content (AvgIpc) is 3.32. The van der Waals surface area contributed by atoms with Crippen molar-refractivity contribution in [1.82, 2.24) is 19.6 Å². The van der Waals surface area contributed by atoms with Crippen molar-refractivity contribution in [2.75, 3.05) is 19.6 Å². The Balaban J connectivity index is 1.37. The smallest absolute Gasteiger partial charge is 0.222 e. The van der Waals surface area contributed by atoms with E-state index in [0.29, 0.717) is 24.3 Å². The largest absolute Gasteiger partial charge is 0.341 e. The van der Waals surface area contributed by atoms with E-state index in [-0.39, 0.29) is 0 Å². The maximum absolute atomic E-state index is 12.8. The van der Waals surface area contributed by atoms with E-state index in [1.54, 1.807) is 0 Å². The summed E-state index contributed by atoms with van der Waals surface area (Å²) in [5.74, 6) is 0.931. The van der Waals surface area contributed by atoms with Crippen molar-refractivity contribution in [3.63, 3.8) is 0 Å². The molecule has 0 saturated carbocycles. The number of fused-ring (bicyclic) bond motifs is 1. The number of nitrogens with zero attached hydrogens (tertiary/aromatic N) is 4. The Morgan fingerprint density at radius 3 is 2.79 bits per heavy atom. The van der Waals surface area contributed by atoms with Gasteiger partial charge in [0.15, 0.2) is 0 Å². The van der Waals surface area contributed by atoms with Crippen molar-refractivity contribution in [2.45, 2.75) is 58.2 Å². The summed E-state index contributed by atoms with van der Waals surface area (Å²) in [6.45, 7) is 6.94. The van der Waals surface area contributed by atoms with Crippen LogP contribution in [0.3, 0.4) is 0 Å². The van der Waals surface area contributed by atoms with Gasteiger partial charge in [0.05, 0.1) is 6.20 Å². The fourth-order valence-electron chi connectivity index (χ4n) is 4.79. The number of benzene rings is 1. The van der Waals surface area contributed by atoms with E-state index in [2.05, 4.69) is 40.2 Å². The van der Waals surface area contributed by atoms with Gasteiger partial charge in [0.2, 0.25) is 5.91 Å². The lowest BCUT2D eigenvalue weighted by Gasteiger charge is -2.29. The van der Waals surface area contributed by atoms with E-state index in [4.69, 9.17) is 0 Å². The van der Waals surface area contributed by atoms with Crippen LogP contribution in [0.15, 0.2) is 42.7 Å². The Morgan fingerprint density at radius 2 is 2.00 bits per heavy atom. The molecule has 4 rings (SSSR count). The van der Waals surface area contributed by atoms with E-state index in [1.807, 2.05) is 29.1 Å². The number of aryl methyl sites for hydroxylation is 2. The molecule has 0 bridgehead atoms. The highest BCUT2D eigenvalue weighted by atomic mass is 16.2. The quantitative estimate of drug-likeness (QED) is 0.772. The lowest BCUT2D eigenvalue weighted by molar-refractivity contribution is -0.130. The summed E-state index contributed by atoms with van der Waals surface area (Å²) in [6, 6.07) is 10.8. The van der Waals surface area contributed by atoms with Gasteiger partial charge in [-0.1, -0.05) is 36.8 Å². The highest BCUT2D eigenvalue weighted by Crippen LogP contribution is 2.31. The molecule has 0 N–H and O–H groups in total. The minimum absolute atomic E-state index is 0.315. The number of likely N-dealkylation sites (tertiary alicyclic amines) is 2. The Bertz CT molecular complexity index is 772. The van der Waals surface area contributed by atoms with Crippen molar-refractivity contribution in [2.24, 2.45) is 5.92 Å². The third kappa shape index (κ3) is 4.46. The molecule has 2 fully saturated rings. The Labute approximate surface area is 168 Å². The molecular formula is C23H32N4O. The zero-order chi connectivity index (χ0) is 19.3. The Morgan fingerprint density at radius 1 is 1.14 bits per heavy atom. The van der Waals surface area contributed by atoms with Crippen LogP contribution >= 0.6 is 0 Å². The van der Waals surface area contributed by atoms with E-state index in [0.717, 1.165) is 39.1 Å². The van der Waals surface area contributed by atoms with Gasteiger partial charge in [-0.3, -0.25) is 14.4 Å². The molecule has 1 aromatic heterocycles. The summed E-state index contributed by atoms with van der Waals surface area (Å²) < 4.78 is 2.00. The monoisotopic (exact) mass is 380 g/mol. The first kappa shape index (κ1) is 19.2. The highest BCUT2D eigenvalue weighted by molar-refractivity contribution is 5.76. The zero-order valence-corrected chi connectivity index (χ0v) is 17.0. The van der Waals surface area contributed by atoms with Gasteiger partial charge in [0, 0.05) is 50.4 Å². The minimum atomic E-state index is 0.315. The number of carbonyl (C=O) groups excluding carboxylic acids is 1. The van der Waals surface area contributed by atoms with Crippen LogP contribution in [0.2, 0.25) is 0 Å². The first-order valence-corrected chi connectivity index (χ1v) is 10.8. The van der Waals surface area contributed by atoms with Crippen molar-refractivity contribution in [1.29, 1.82) is 0 Å². The maximum Gasteiger partial charge on any atom is 0.222 e. The van der Waals surface area contributed by atoms with E-state index >= 15 is 0 Å². The average molecular weight is 381 g/mol. The van der Waals surface area contributed by atoms with Crippen LogP contribution in [0.25, 0.3) is 0 Å². The SMILES string of the molecule is CCn1cc(CN2CCCC[C@H]3CN(C(=O)CCc4ccccc4)C[C@H]32)cn1. The van der Waals surface area contributed by atoms with E-state index < -0.39 is 0 Å². The van der Waals surface area contributed by atoms with Crippen LogP contribution in [0.4, 0.5) is 0 Å². The normalized spacial score (nSPS) is 22.8. The second-order valence-corrected chi connectivity index (χ2v) is 8.28. The first-order chi connectivity index (χ1) is 13.7. The van der Waals surface area contributed by atoms with Crippen LogP contribution in [0.1, 0.15) is 43.7 Å². The number of hydrogen-bond acceptors (Lipinski definition) is 3. The molecule has 3 heterocycles. The second kappa shape index (κ2) is 8.91. The van der Waals surface area contributed by atoms with Crippen LogP contribution in [-0.2, 0) is 24.3 Å². The summed E-state index contributed by atoms with van der Waals surface area (Å²) in [5, 5.41) is 4.43. The molecule has 0 spiro atoms. The summed E-state index contributed by atoms with van der Waals surface area (Å²) in [6.07, 6.45) is 9.41. The summed E-state index contributed by atoms with van der Waals surface area (Å²) >= 11 is 0. The molecule has 5 heteroatoms. The van der Waals surface area contributed by atoms with Gasteiger partial charge in [0.1, 0.15) is 0 Å². The molecule has 2 saturated heterocycles. The number of carbonyl (C=O) groups is 1. The maximum atomic E-state index is 12.8. The fraction of sp³-hybridized carbons (Fsp3) is 0.565. The van der Waals surface area contributed by atoms with Crippen LogP contribution < -0.4 is 0 Å². The highest BCUT2D eigenvalue weighted by Gasteiger charge is 2.39. The second-order valence-electron chi connectivity index (χ2n) is 8.28. The topological polar surface area (TPSA) is 41.4 Å². The zero-order valence-electron chi connectivity index (χ0n) is 17.0.